The monoisotopic (exact) mass is 222 g/mol. The maximum Gasteiger partial charge on any atom is 0.197 e. The minimum Gasteiger partial charge on any atom is -0.496 e. The first-order valence-electron chi connectivity index (χ1n) is 5.34. The molecule has 0 bridgehead atoms. The van der Waals surface area contributed by atoms with E-state index in [-0.39, 0.29) is 5.78 Å². The van der Waals surface area contributed by atoms with Crippen molar-refractivity contribution in [1.82, 2.24) is 0 Å². The Kier molecular flexibility index (Phi) is 3.70. The van der Waals surface area contributed by atoms with Crippen molar-refractivity contribution in [3.05, 3.63) is 29.3 Å². The lowest BCUT2D eigenvalue weighted by Crippen LogP contribution is -2.34. The molecule has 1 atom stereocenters. The summed E-state index contributed by atoms with van der Waals surface area (Å²) in [4.78, 5) is 12.1. The van der Waals surface area contributed by atoms with Gasteiger partial charge in [-0.1, -0.05) is 18.6 Å². The third-order valence-electron chi connectivity index (χ3n) is 2.78. The molecule has 0 spiro atoms. The number of ether oxygens (including phenoxy) is 1. The average molecular weight is 222 g/mol. The number of ketones is 1. The fraction of sp³-hybridized carbons (Fsp3) is 0.462. The largest absolute Gasteiger partial charge is 0.496 e. The molecule has 3 heteroatoms. The molecule has 1 aromatic carbocycles. The lowest BCUT2D eigenvalue weighted by molar-refractivity contribution is 0.0387. The van der Waals surface area contributed by atoms with Crippen molar-refractivity contribution in [2.24, 2.45) is 0 Å². The molecule has 0 saturated heterocycles. The van der Waals surface area contributed by atoms with Crippen LogP contribution >= 0.6 is 0 Å². The van der Waals surface area contributed by atoms with E-state index in [1.807, 2.05) is 13.0 Å². The van der Waals surface area contributed by atoms with Gasteiger partial charge in [-0.2, -0.15) is 0 Å². The average Bonchev–Trinajstić information content (AvgIpc) is 2.28. The molecule has 88 valence electrons. The second kappa shape index (κ2) is 4.66. The number of aliphatic hydroxyl groups is 1. The van der Waals surface area contributed by atoms with E-state index in [0.29, 0.717) is 17.7 Å². The number of methoxy groups -OCH3 is 1. The molecule has 0 heterocycles. The van der Waals surface area contributed by atoms with Gasteiger partial charge in [-0.15, -0.1) is 0 Å². The molecule has 0 aliphatic carbocycles. The van der Waals surface area contributed by atoms with Crippen molar-refractivity contribution >= 4 is 5.78 Å². The Balaban J connectivity index is 3.21. The molecule has 0 radical (unpaired) electrons. The van der Waals surface area contributed by atoms with E-state index in [0.717, 1.165) is 5.56 Å². The third-order valence-corrected chi connectivity index (χ3v) is 2.78. The van der Waals surface area contributed by atoms with Crippen molar-refractivity contribution in [3.63, 3.8) is 0 Å². The van der Waals surface area contributed by atoms with Gasteiger partial charge < -0.3 is 9.84 Å². The van der Waals surface area contributed by atoms with Crippen LogP contribution in [0.2, 0.25) is 0 Å². The van der Waals surface area contributed by atoms with Crippen molar-refractivity contribution < 1.29 is 14.6 Å². The van der Waals surface area contributed by atoms with Crippen LogP contribution < -0.4 is 4.74 Å². The smallest absolute Gasteiger partial charge is 0.197 e. The summed E-state index contributed by atoms with van der Waals surface area (Å²) in [7, 11) is 1.52. The standard InChI is InChI=1S/C13H18O3/c1-5-13(3,15)12(14)10-8-9(2)6-7-11(10)16-4/h6-8,15H,5H2,1-4H3. The third kappa shape index (κ3) is 2.42. The van der Waals surface area contributed by atoms with Gasteiger partial charge in [0, 0.05) is 0 Å². The highest BCUT2D eigenvalue weighted by Gasteiger charge is 2.31. The molecular weight excluding hydrogens is 204 g/mol. The quantitative estimate of drug-likeness (QED) is 0.795. The Bertz CT molecular complexity index is 394. The number of carbonyl (C=O) groups is 1. The van der Waals surface area contributed by atoms with Crippen LogP contribution in [0.1, 0.15) is 36.2 Å². The summed E-state index contributed by atoms with van der Waals surface area (Å²) >= 11 is 0. The fourth-order valence-corrected chi connectivity index (χ4v) is 1.45. The van der Waals surface area contributed by atoms with Gasteiger partial charge in [0.25, 0.3) is 0 Å². The maximum atomic E-state index is 12.1. The fourth-order valence-electron chi connectivity index (χ4n) is 1.45. The summed E-state index contributed by atoms with van der Waals surface area (Å²) in [6.45, 7) is 5.20. The number of hydrogen-bond donors (Lipinski definition) is 1. The van der Waals surface area contributed by atoms with Gasteiger partial charge >= 0.3 is 0 Å². The normalized spacial score (nSPS) is 14.3. The van der Waals surface area contributed by atoms with Crippen molar-refractivity contribution in [3.8, 4) is 5.75 Å². The highest BCUT2D eigenvalue weighted by molar-refractivity contribution is 6.04. The van der Waals surface area contributed by atoms with Crippen LogP contribution in [-0.4, -0.2) is 23.6 Å². The van der Waals surface area contributed by atoms with Crippen LogP contribution in [0.25, 0.3) is 0 Å². The van der Waals surface area contributed by atoms with E-state index in [1.165, 1.54) is 14.0 Å². The second-order valence-electron chi connectivity index (χ2n) is 4.16. The van der Waals surface area contributed by atoms with E-state index in [9.17, 15) is 9.90 Å². The Morgan fingerprint density at radius 2 is 2.12 bits per heavy atom. The topological polar surface area (TPSA) is 46.5 Å². The van der Waals surface area contributed by atoms with E-state index < -0.39 is 5.60 Å². The van der Waals surface area contributed by atoms with Gasteiger partial charge in [-0.05, 0) is 32.4 Å². The van der Waals surface area contributed by atoms with E-state index >= 15 is 0 Å². The SMILES string of the molecule is CCC(C)(O)C(=O)c1cc(C)ccc1OC. The van der Waals surface area contributed by atoms with Crippen LogP contribution in [0.5, 0.6) is 5.75 Å². The van der Waals surface area contributed by atoms with Gasteiger partial charge in [-0.25, -0.2) is 0 Å². The molecule has 16 heavy (non-hydrogen) atoms. The number of hydrogen-bond acceptors (Lipinski definition) is 3. The van der Waals surface area contributed by atoms with Crippen LogP contribution in [0, 0.1) is 6.92 Å². The molecule has 1 unspecified atom stereocenters. The van der Waals surface area contributed by atoms with E-state index in [1.54, 1.807) is 19.1 Å². The first-order valence-corrected chi connectivity index (χ1v) is 5.34. The van der Waals surface area contributed by atoms with Crippen molar-refractivity contribution in [1.29, 1.82) is 0 Å². The second-order valence-corrected chi connectivity index (χ2v) is 4.16. The molecule has 1 rings (SSSR count). The predicted molar refractivity (Wildman–Crippen MR) is 63.0 cm³/mol. The summed E-state index contributed by atoms with van der Waals surface area (Å²) in [5.41, 5.74) is 0.0755. The number of benzene rings is 1. The summed E-state index contributed by atoms with van der Waals surface area (Å²) in [5, 5.41) is 9.95. The zero-order chi connectivity index (χ0) is 12.3. The molecule has 0 aliphatic heterocycles. The Labute approximate surface area is 96.1 Å². The van der Waals surface area contributed by atoms with Gasteiger partial charge in [0.2, 0.25) is 0 Å². The number of carbonyl (C=O) groups excluding carboxylic acids is 1. The molecule has 0 fully saturated rings. The van der Waals surface area contributed by atoms with Crippen LogP contribution in [-0.2, 0) is 0 Å². The van der Waals surface area contributed by atoms with Crippen molar-refractivity contribution in [2.45, 2.75) is 32.8 Å². The molecule has 0 saturated carbocycles. The van der Waals surface area contributed by atoms with Crippen LogP contribution in [0.4, 0.5) is 0 Å². The Morgan fingerprint density at radius 1 is 1.50 bits per heavy atom. The summed E-state index contributed by atoms with van der Waals surface area (Å²) in [6.07, 6.45) is 0.378. The van der Waals surface area contributed by atoms with E-state index in [4.69, 9.17) is 4.74 Å². The van der Waals surface area contributed by atoms with E-state index in [2.05, 4.69) is 0 Å². The lowest BCUT2D eigenvalue weighted by Gasteiger charge is -2.21. The zero-order valence-electron chi connectivity index (χ0n) is 10.2. The maximum absolute atomic E-state index is 12.1. The first-order chi connectivity index (χ1) is 7.42. The Morgan fingerprint density at radius 3 is 2.62 bits per heavy atom. The molecule has 3 nitrogen and oxygen atoms in total. The molecule has 0 amide bonds. The van der Waals surface area contributed by atoms with Crippen LogP contribution in [0.3, 0.4) is 0 Å². The molecular formula is C13H18O3. The van der Waals surface area contributed by atoms with Crippen molar-refractivity contribution in [2.75, 3.05) is 7.11 Å². The molecule has 1 N–H and O–H groups in total. The summed E-state index contributed by atoms with van der Waals surface area (Å²) < 4.78 is 5.13. The summed E-state index contributed by atoms with van der Waals surface area (Å²) in [5.74, 6) is 0.208. The van der Waals surface area contributed by atoms with Gasteiger partial charge in [0.1, 0.15) is 11.4 Å². The number of rotatable bonds is 4. The van der Waals surface area contributed by atoms with Crippen LogP contribution in [0.15, 0.2) is 18.2 Å². The number of aryl methyl sites for hydroxylation is 1. The van der Waals surface area contributed by atoms with Gasteiger partial charge in [0.05, 0.1) is 12.7 Å². The molecule has 0 aromatic heterocycles. The first kappa shape index (κ1) is 12.7. The lowest BCUT2D eigenvalue weighted by atomic mass is 9.91. The highest BCUT2D eigenvalue weighted by atomic mass is 16.5. The highest BCUT2D eigenvalue weighted by Crippen LogP contribution is 2.25. The van der Waals surface area contributed by atoms with Gasteiger partial charge in [-0.3, -0.25) is 4.79 Å². The minimum atomic E-state index is -1.33. The molecule has 1 aromatic rings. The number of Topliss-reactive ketones (excluding diaryl/α,β-unsaturated/α-hetero) is 1. The molecule has 0 aliphatic rings. The minimum absolute atomic E-state index is 0.296. The van der Waals surface area contributed by atoms with Gasteiger partial charge in [0.15, 0.2) is 5.78 Å². The summed E-state index contributed by atoms with van der Waals surface area (Å²) in [6, 6.07) is 5.36. The Hall–Kier alpha value is -1.35. The predicted octanol–water partition coefficient (Wildman–Crippen LogP) is 2.35. The zero-order valence-corrected chi connectivity index (χ0v) is 10.2.